The molecule has 0 atom stereocenters. The smallest absolute Gasteiger partial charge is 0.146 e. The molecule has 90 valence electrons. The van der Waals surface area contributed by atoms with Crippen LogP contribution in [0.4, 0.5) is 14.5 Å². The zero-order valence-electron chi connectivity index (χ0n) is 9.55. The number of anilines is 1. The summed E-state index contributed by atoms with van der Waals surface area (Å²) in [6.07, 6.45) is 0. The van der Waals surface area contributed by atoms with Crippen LogP contribution in [0.25, 0.3) is 0 Å². The number of nitrogens with zero attached hydrogens (tertiary/aromatic N) is 1. The van der Waals surface area contributed by atoms with Crippen LogP contribution in [0.15, 0.2) is 18.2 Å². The number of hydrogen-bond donors (Lipinski definition) is 1. The van der Waals surface area contributed by atoms with Crippen LogP contribution in [0.1, 0.15) is 15.6 Å². The summed E-state index contributed by atoms with van der Waals surface area (Å²) in [5, 5.41) is 3.85. The molecule has 0 amide bonds. The molecule has 0 aliphatic carbocycles. The first-order valence-electron chi connectivity index (χ1n) is 5.18. The summed E-state index contributed by atoms with van der Waals surface area (Å²) in [6.45, 7) is 4.28. The van der Waals surface area contributed by atoms with Gasteiger partial charge in [0.15, 0.2) is 0 Å². The van der Waals surface area contributed by atoms with E-state index >= 15 is 0 Å². The van der Waals surface area contributed by atoms with Gasteiger partial charge < -0.3 is 5.32 Å². The topological polar surface area (TPSA) is 24.9 Å². The van der Waals surface area contributed by atoms with E-state index in [1.807, 2.05) is 13.8 Å². The van der Waals surface area contributed by atoms with Crippen LogP contribution in [0.2, 0.25) is 0 Å². The highest BCUT2D eigenvalue weighted by Gasteiger charge is 2.07. The van der Waals surface area contributed by atoms with Crippen LogP contribution in [0.5, 0.6) is 0 Å². The summed E-state index contributed by atoms with van der Waals surface area (Å²) >= 11 is 1.55. The SMILES string of the molecule is Cc1nc(C)c(CNc2cc(F)ccc2F)s1. The van der Waals surface area contributed by atoms with Crippen molar-refractivity contribution in [1.82, 2.24) is 4.98 Å². The molecular weight excluding hydrogens is 242 g/mol. The fourth-order valence-corrected chi connectivity index (χ4v) is 2.42. The highest BCUT2D eigenvalue weighted by molar-refractivity contribution is 7.11. The van der Waals surface area contributed by atoms with E-state index in [1.165, 1.54) is 0 Å². The van der Waals surface area contributed by atoms with E-state index < -0.39 is 11.6 Å². The van der Waals surface area contributed by atoms with Crippen molar-refractivity contribution in [3.63, 3.8) is 0 Å². The van der Waals surface area contributed by atoms with Gasteiger partial charge in [-0.25, -0.2) is 13.8 Å². The Morgan fingerprint density at radius 1 is 1.29 bits per heavy atom. The van der Waals surface area contributed by atoms with Crippen LogP contribution < -0.4 is 5.32 Å². The summed E-state index contributed by atoms with van der Waals surface area (Å²) < 4.78 is 26.3. The molecule has 0 aliphatic rings. The van der Waals surface area contributed by atoms with E-state index in [0.29, 0.717) is 6.54 Å². The lowest BCUT2D eigenvalue weighted by atomic mass is 10.3. The third kappa shape index (κ3) is 2.79. The van der Waals surface area contributed by atoms with Crippen molar-refractivity contribution in [2.45, 2.75) is 20.4 Å². The van der Waals surface area contributed by atoms with Gasteiger partial charge in [0.05, 0.1) is 22.9 Å². The molecule has 0 fully saturated rings. The number of halogens is 2. The molecule has 2 nitrogen and oxygen atoms in total. The van der Waals surface area contributed by atoms with Crippen LogP contribution in [0.3, 0.4) is 0 Å². The Morgan fingerprint density at radius 2 is 2.06 bits per heavy atom. The molecule has 1 aromatic heterocycles. The van der Waals surface area contributed by atoms with E-state index in [0.717, 1.165) is 33.8 Å². The molecule has 0 saturated heterocycles. The maximum atomic E-state index is 13.3. The number of nitrogens with one attached hydrogen (secondary N) is 1. The molecule has 0 bridgehead atoms. The average molecular weight is 254 g/mol. The Morgan fingerprint density at radius 3 is 2.71 bits per heavy atom. The molecule has 2 rings (SSSR count). The lowest BCUT2D eigenvalue weighted by Crippen LogP contribution is -2.01. The van der Waals surface area contributed by atoms with Crippen LogP contribution in [-0.4, -0.2) is 4.98 Å². The number of aryl methyl sites for hydroxylation is 2. The Kier molecular flexibility index (Phi) is 3.38. The van der Waals surface area contributed by atoms with Gasteiger partial charge in [-0.15, -0.1) is 11.3 Å². The molecule has 5 heteroatoms. The molecule has 0 unspecified atom stereocenters. The maximum absolute atomic E-state index is 13.3. The van der Waals surface area contributed by atoms with Crippen LogP contribution in [-0.2, 0) is 6.54 Å². The second-order valence-electron chi connectivity index (χ2n) is 3.72. The monoisotopic (exact) mass is 254 g/mol. The highest BCUT2D eigenvalue weighted by Crippen LogP contribution is 2.20. The molecule has 0 radical (unpaired) electrons. The minimum Gasteiger partial charge on any atom is -0.378 e. The van der Waals surface area contributed by atoms with Gasteiger partial charge in [-0.3, -0.25) is 0 Å². The number of benzene rings is 1. The number of rotatable bonds is 3. The van der Waals surface area contributed by atoms with E-state index in [-0.39, 0.29) is 5.69 Å². The summed E-state index contributed by atoms with van der Waals surface area (Å²) in [5.41, 5.74) is 1.10. The minimum absolute atomic E-state index is 0.176. The van der Waals surface area contributed by atoms with E-state index in [9.17, 15) is 8.78 Å². The van der Waals surface area contributed by atoms with Crippen molar-refractivity contribution in [3.8, 4) is 0 Å². The predicted octanol–water partition coefficient (Wildman–Crippen LogP) is 3.65. The molecule has 17 heavy (non-hydrogen) atoms. The number of thiazole rings is 1. The van der Waals surface area contributed by atoms with Gasteiger partial charge in [-0.1, -0.05) is 0 Å². The number of aromatic nitrogens is 1. The predicted molar refractivity (Wildman–Crippen MR) is 65.3 cm³/mol. The third-order valence-corrected chi connectivity index (χ3v) is 3.44. The molecule has 2 aromatic rings. The van der Waals surface area contributed by atoms with Gasteiger partial charge in [0, 0.05) is 4.88 Å². The molecule has 0 spiro atoms. The first-order chi connectivity index (χ1) is 8.06. The highest BCUT2D eigenvalue weighted by atomic mass is 32.1. The van der Waals surface area contributed by atoms with Gasteiger partial charge >= 0.3 is 0 Å². The Balaban J connectivity index is 2.12. The van der Waals surface area contributed by atoms with Gasteiger partial charge in [0.1, 0.15) is 11.6 Å². The van der Waals surface area contributed by atoms with Gasteiger partial charge in [-0.05, 0) is 32.0 Å². The Hall–Kier alpha value is -1.49. The summed E-state index contributed by atoms with van der Waals surface area (Å²) in [5.74, 6) is -0.906. The van der Waals surface area contributed by atoms with Crippen molar-refractivity contribution in [2.75, 3.05) is 5.32 Å². The summed E-state index contributed by atoms with van der Waals surface area (Å²) in [4.78, 5) is 5.31. The molecule has 1 heterocycles. The Labute approximate surface area is 102 Å². The molecule has 1 aromatic carbocycles. The molecular formula is C12H12F2N2S. The first kappa shape index (κ1) is 12.0. The normalized spacial score (nSPS) is 10.6. The fourth-order valence-electron chi connectivity index (χ4n) is 1.55. The molecule has 0 saturated carbocycles. The van der Waals surface area contributed by atoms with E-state index in [1.54, 1.807) is 11.3 Å². The third-order valence-electron chi connectivity index (χ3n) is 2.37. The van der Waals surface area contributed by atoms with Gasteiger partial charge in [0.25, 0.3) is 0 Å². The van der Waals surface area contributed by atoms with E-state index in [4.69, 9.17) is 0 Å². The van der Waals surface area contributed by atoms with Gasteiger partial charge in [0.2, 0.25) is 0 Å². The molecule has 1 N–H and O–H groups in total. The lowest BCUT2D eigenvalue weighted by Gasteiger charge is -2.06. The van der Waals surface area contributed by atoms with Crippen molar-refractivity contribution in [3.05, 3.63) is 45.4 Å². The second kappa shape index (κ2) is 4.79. The second-order valence-corrected chi connectivity index (χ2v) is 5.01. The van der Waals surface area contributed by atoms with Crippen molar-refractivity contribution in [2.24, 2.45) is 0 Å². The fraction of sp³-hybridized carbons (Fsp3) is 0.250. The Bertz CT molecular complexity index is 537. The van der Waals surface area contributed by atoms with Crippen LogP contribution >= 0.6 is 11.3 Å². The summed E-state index contributed by atoms with van der Waals surface area (Å²) in [7, 11) is 0. The lowest BCUT2D eigenvalue weighted by molar-refractivity contribution is 0.602. The molecule has 0 aliphatic heterocycles. The van der Waals surface area contributed by atoms with Crippen molar-refractivity contribution in [1.29, 1.82) is 0 Å². The maximum Gasteiger partial charge on any atom is 0.146 e. The van der Waals surface area contributed by atoms with Gasteiger partial charge in [-0.2, -0.15) is 0 Å². The quantitative estimate of drug-likeness (QED) is 0.904. The minimum atomic E-state index is -0.453. The average Bonchev–Trinajstić information content (AvgIpc) is 2.59. The number of hydrogen-bond acceptors (Lipinski definition) is 3. The zero-order chi connectivity index (χ0) is 12.4. The van der Waals surface area contributed by atoms with Crippen molar-refractivity contribution >= 4 is 17.0 Å². The zero-order valence-corrected chi connectivity index (χ0v) is 10.4. The van der Waals surface area contributed by atoms with Crippen molar-refractivity contribution < 1.29 is 8.78 Å². The first-order valence-corrected chi connectivity index (χ1v) is 6.00. The largest absolute Gasteiger partial charge is 0.378 e. The van der Waals surface area contributed by atoms with Crippen LogP contribution in [0, 0.1) is 25.5 Å². The summed E-state index contributed by atoms with van der Waals surface area (Å²) in [6, 6.07) is 3.36. The standard InChI is InChI=1S/C12H12F2N2S/c1-7-12(17-8(2)16-7)6-15-11-5-9(13)3-4-10(11)14/h3-5,15H,6H2,1-2H3. The van der Waals surface area contributed by atoms with E-state index in [2.05, 4.69) is 10.3 Å².